The van der Waals surface area contributed by atoms with Crippen LogP contribution in [0.4, 0.5) is 11.6 Å². The maximum atomic E-state index is 13.0. The first-order valence-corrected chi connectivity index (χ1v) is 9.46. The van der Waals surface area contributed by atoms with Crippen molar-refractivity contribution < 1.29 is 9.47 Å². The van der Waals surface area contributed by atoms with Gasteiger partial charge in [-0.2, -0.15) is 4.98 Å². The quantitative estimate of drug-likeness (QED) is 0.515. The lowest BCUT2D eigenvalue weighted by Crippen LogP contribution is -2.13. The van der Waals surface area contributed by atoms with Gasteiger partial charge in [0.25, 0.3) is 5.56 Å². The van der Waals surface area contributed by atoms with Crippen molar-refractivity contribution >= 4 is 22.7 Å². The normalized spacial score (nSPS) is 10.8. The Morgan fingerprint density at radius 3 is 2.47 bits per heavy atom. The Kier molecular flexibility index (Phi) is 5.10. The number of nitrogens with one attached hydrogen (secondary N) is 2. The minimum atomic E-state index is -0.274. The lowest BCUT2D eigenvalue weighted by atomic mass is 10.0. The summed E-state index contributed by atoms with van der Waals surface area (Å²) in [5.74, 6) is 1.54. The molecule has 0 radical (unpaired) electrons. The lowest BCUT2D eigenvalue weighted by Gasteiger charge is -2.12. The van der Waals surface area contributed by atoms with Crippen molar-refractivity contribution in [3.8, 4) is 22.6 Å². The van der Waals surface area contributed by atoms with Crippen molar-refractivity contribution in [2.24, 2.45) is 0 Å². The summed E-state index contributed by atoms with van der Waals surface area (Å²) < 4.78 is 10.7. The summed E-state index contributed by atoms with van der Waals surface area (Å²) in [7, 11) is 3.16. The fourth-order valence-corrected chi connectivity index (χ4v) is 3.32. The first kappa shape index (κ1) is 19.4. The molecule has 7 nitrogen and oxygen atoms in total. The van der Waals surface area contributed by atoms with Crippen LogP contribution >= 0.6 is 0 Å². The third kappa shape index (κ3) is 3.57. The predicted octanol–water partition coefficient (Wildman–Crippen LogP) is 4.36. The standard InChI is InChI=1S/C23H22N4O3/c1-13-5-7-16(11-14(13)2)25-23-26-21-20(22(28)27-23)17(9-10-24-21)15-6-8-18(29-3)19(12-15)30-4/h5-12H,1-4H3,(H2,24,25,26,27,28). The Morgan fingerprint density at radius 2 is 1.73 bits per heavy atom. The summed E-state index contributed by atoms with van der Waals surface area (Å²) in [6.07, 6.45) is 1.64. The molecule has 2 N–H and O–H groups in total. The van der Waals surface area contributed by atoms with Crippen LogP contribution in [-0.2, 0) is 0 Å². The van der Waals surface area contributed by atoms with Crippen molar-refractivity contribution in [3.63, 3.8) is 0 Å². The van der Waals surface area contributed by atoms with E-state index in [0.29, 0.717) is 34.0 Å². The zero-order valence-corrected chi connectivity index (χ0v) is 17.2. The molecule has 2 aromatic heterocycles. The smallest absolute Gasteiger partial charge is 0.262 e. The Labute approximate surface area is 173 Å². The first-order chi connectivity index (χ1) is 14.5. The average Bonchev–Trinajstić information content (AvgIpc) is 2.75. The fourth-order valence-electron chi connectivity index (χ4n) is 3.32. The summed E-state index contributed by atoms with van der Waals surface area (Å²) in [5, 5.41) is 3.57. The number of methoxy groups -OCH3 is 2. The van der Waals surface area contributed by atoms with Gasteiger partial charge in [-0.05, 0) is 66.4 Å². The molecule has 0 aliphatic rings. The molecule has 4 rings (SSSR count). The van der Waals surface area contributed by atoms with E-state index in [2.05, 4.69) is 27.2 Å². The predicted molar refractivity (Wildman–Crippen MR) is 118 cm³/mol. The van der Waals surface area contributed by atoms with Crippen LogP contribution in [0.3, 0.4) is 0 Å². The average molecular weight is 402 g/mol. The Bertz CT molecular complexity index is 1300. The number of hydrogen-bond donors (Lipinski definition) is 2. The first-order valence-electron chi connectivity index (χ1n) is 9.46. The SMILES string of the molecule is COc1ccc(-c2ccnc3nc(Nc4ccc(C)c(C)c4)[nH]c(=O)c23)cc1OC. The molecule has 0 aliphatic heterocycles. The summed E-state index contributed by atoms with van der Waals surface area (Å²) in [6.45, 7) is 4.09. The van der Waals surface area contributed by atoms with E-state index in [-0.39, 0.29) is 5.56 Å². The number of fused-ring (bicyclic) bond motifs is 1. The molecular formula is C23H22N4O3. The summed E-state index contributed by atoms with van der Waals surface area (Å²) in [5.41, 5.74) is 4.80. The highest BCUT2D eigenvalue weighted by Gasteiger charge is 2.14. The van der Waals surface area contributed by atoms with Crippen molar-refractivity contribution in [1.82, 2.24) is 15.0 Å². The molecule has 0 spiro atoms. The number of rotatable bonds is 5. The van der Waals surface area contributed by atoms with E-state index < -0.39 is 0 Å². The second-order valence-corrected chi connectivity index (χ2v) is 6.97. The topological polar surface area (TPSA) is 89.1 Å². The molecule has 30 heavy (non-hydrogen) atoms. The zero-order valence-electron chi connectivity index (χ0n) is 17.2. The molecule has 152 valence electrons. The summed E-state index contributed by atoms with van der Waals surface area (Å²) in [4.78, 5) is 24.6. The molecule has 0 atom stereocenters. The maximum absolute atomic E-state index is 13.0. The second kappa shape index (κ2) is 7.87. The third-order valence-electron chi connectivity index (χ3n) is 5.07. The van der Waals surface area contributed by atoms with Gasteiger partial charge < -0.3 is 14.8 Å². The van der Waals surface area contributed by atoms with E-state index in [9.17, 15) is 4.79 Å². The van der Waals surface area contributed by atoms with E-state index in [1.54, 1.807) is 32.5 Å². The van der Waals surface area contributed by atoms with Crippen LogP contribution in [0.15, 0.2) is 53.5 Å². The number of aromatic nitrogens is 3. The molecule has 0 amide bonds. The van der Waals surface area contributed by atoms with Crippen LogP contribution in [-0.4, -0.2) is 29.2 Å². The van der Waals surface area contributed by atoms with Gasteiger partial charge in [0.05, 0.1) is 19.6 Å². The highest BCUT2D eigenvalue weighted by molar-refractivity contribution is 5.92. The van der Waals surface area contributed by atoms with Gasteiger partial charge in [-0.15, -0.1) is 0 Å². The number of nitrogens with zero attached hydrogens (tertiary/aromatic N) is 2. The van der Waals surface area contributed by atoms with Crippen LogP contribution in [0.2, 0.25) is 0 Å². The van der Waals surface area contributed by atoms with Gasteiger partial charge in [0.15, 0.2) is 17.1 Å². The van der Waals surface area contributed by atoms with Gasteiger partial charge in [-0.3, -0.25) is 9.78 Å². The molecule has 7 heteroatoms. The summed E-state index contributed by atoms with van der Waals surface area (Å²) in [6, 6.07) is 13.3. The van der Waals surface area contributed by atoms with E-state index in [4.69, 9.17) is 9.47 Å². The number of H-pyrrole nitrogens is 1. The van der Waals surface area contributed by atoms with Crippen molar-refractivity contribution in [2.75, 3.05) is 19.5 Å². The van der Waals surface area contributed by atoms with Crippen LogP contribution in [0.5, 0.6) is 11.5 Å². The van der Waals surface area contributed by atoms with Crippen LogP contribution in [0, 0.1) is 13.8 Å². The zero-order chi connectivity index (χ0) is 21.3. The molecule has 0 unspecified atom stereocenters. The van der Waals surface area contributed by atoms with E-state index in [1.807, 2.05) is 37.3 Å². The molecule has 0 saturated heterocycles. The van der Waals surface area contributed by atoms with Gasteiger partial charge in [0.2, 0.25) is 5.95 Å². The molecule has 0 bridgehead atoms. The minimum Gasteiger partial charge on any atom is -0.493 e. The van der Waals surface area contributed by atoms with Crippen molar-refractivity contribution in [2.45, 2.75) is 13.8 Å². The van der Waals surface area contributed by atoms with Crippen molar-refractivity contribution in [1.29, 1.82) is 0 Å². The maximum Gasteiger partial charge on any atom is 0.262 e. The number of benzene rings is 2. The van der Waals surface area contributed by atoms with Crippen LogP contribution in [0.25, 0.3) is 22.2 Å². The highest BCUT2D eigenvalue weighted by Crippen LogP contribution is 2.34. The number of pyridine rings is 1. The Balaban J connectivity index is 1.79. The fraction of sp³-hybridized carbons (Fsp3) is 0.174. The second-order valence-electron chi connectivity index (χ2n) is 6.97. The Hall–Kier alpha value is -3.87. The van der Waals surface area contributed by atoms with Gasteiger partial charge in [0.1, 0.15) is 0 Å². The van der Waals surface area contributed by atoms with Crippen LogP contribution < -0.4 is 20.3 Å². The molecule has 4 aromatic rings. The molecular weight excluding hydrogens is 380 g/mol. The molecule has 2 aromatic carbocycles. The molecule has 0 aliphatic carbocycles. The van der Waals surface area contributed by atoms with E-state index in [1.165, 1.54) is 5.56 Å². The van der Waals surface area contributed by atoms with Gasteiger partial charge in [-0.1, -0.05) is 12.1 Å². The van der Waals surface area contributed by atoms with Crippen LogP contribution in [0.1, 0.15) is 11.1 Å². The molecule has 0 fully saturated rings. The van der Waals surface area contributed by atoms with Gasteiger partial charge in [0, 0.05) is 11.9 Å². The third-order valence-corrected chi connectivity index (χ3v) is 5.07. The number of anilines is 2. The lowest BCUT2D eigenvalue weighted by molar-refractivity contribution is 0.355. The molecule has 0 saturated carbocycles. The van der Waals surface area contributed by atoms with Gasteiger partial charge >= 0.3 is 0 Å². The Morgan fingerprint density at radius 1 is 0.933 bits per heavy atom. The van der Waals surface area contributed by atoms with E-state index >= 15 is 0 Å². The monoisotopic (exact) mass is 402 g/mol. The number of ether oxygens (including phenoxy) is 2. The van der Waals surface area contributed by atoms with Crippen molar-refractivity contribution in [3.05, 3.63) is 70.1 Å². The number of aromatic amines is 1. The largest absolute Gasteiger partial charge is 0.493 e. The van der Waals surface area contributed by atoms with E-state index in [0.717, 1.165) is 16.8 Å². The highest BCUT2D eigenvalue weighted by atomic mass is 16.5. The summed E-state index contributed by atoms with van der Waals surface area (Å²) >= 11 is 0. The minimum absolute atomic E-state index is 0.274. The number of hydrogen-bond acceptors (Lipinski definition) is 6. The molecule has 2 heterocycles. The van der Waals surface area contributed by atoms with Gasteiger partial charge in [-0.25, -0.2) is 4.98 Å². The number of aryl methyl sites for hydroxylation is 2.